The number of hydrogen-bond acceptors (Lipinski definition) is 5. The highest BCUT2D eigenvalue weighted by Crippen LogP contribution is 2.16. The van der Waals surface area contributed by atoms with E-state index >= 15 is 0 Å². The van der Waals surface area contributed by atoms with E-state index in [4.69, 9.17) is 9.47 Å². The topological polar surface area (TPSA) is 88.7 Å². The molecule has 3 N–H and O–H groups in total. The molecule has 0 unspecified atom stereocenters. The lowest BCUT2D eigenvalue weighted by Gasteiger charge is -2.10. The van der Waals surface area contributed by atoms with Crippen LogP contribution in [0, 0.1) is 0 Å². The van der Waals surface area contributed by atoms with E-state index in [1.165, 1.54) is 0 Å². The zero-order chi connectivity index (χ0) is 21.1. The van der Waals surface area contributed by atoms with Crippen LogP contribution in [-0.4, -0.2) is 45.2 Å². The number of benzene rings is 2. The molecule has 0 aliphatic heterocycles. The number of carbonyl (C=O) groups is 2. The molecular weight excluding hydrogens is 370 g/mol. The summed E-state index contributed by atoms with van der Waals surface area (Å²) in [5.74, 6) is 0.372. The summed E-state index contributed by atoms with van der Waals surface area (Å²) in [7, 11) is 1.58. The average Bonchev–Trinajstić information content (AvgIpc) is 2.72. The minimum Gasteiger partial charge on any atom is -0.489 e. The molecule has 0 atom stereocenters. The van der Waals surface area contributed by atoms with Crippen molar-refractivity contribution < 1.29 is 19.1 Å². The first kappa shape index (κ1) is 22.0. The Morgan fingerprint density at radius 2 is 1.66 bits per heavy atom. The van der Waals surface area contributed by atoms with Gasteiger partial charge in [-0.2, -0.15) is 0 Å². The first-order chi connectivity index (χ1) is 14.0. The van der Waals surface area contributed by atoms with Crippen molar-refractivity contribution in [1.29, 1.82) is 0 Å². The zero-order valence-electron chi connectivity index (χ0n) is 16.8. The lowest BCUT2D eigenvalue weighted by Crippen LogP contribution is -2.27. The Hall–Kier alpha value is -3.32. The normalized spacial score (nSPS) is 10.1. The Kier molecular flexibility index (Phi) is 8.72. The minimum atomic E-state index is -0.190. The molecule has 0 saturated carbocycles. The fraction of sp³-hybridized carbons (Fsp3) is 0.273. The van der Waals surface area contributed by atoms with Gasteiger partial charge < -0.3 is 25.4 Å². The molecule has 2 aromatic carbocycles. The molecule has 0 spiro atoms. The molecular formula is C22H27N3O4. The maximum absolute atomic E-state index is 12.1. The highest BCUT2D eigenvalue weighted by Gasteiger charge is 2.06. The molecule has 0 aromatic heterocycles. The monoisotopic (exact) mass is 397 g/mol. The minimum absolute atomic E-state index is 0.116. The van der Waals surface area contributed by atoms with Crippen molar-refractivity contribution >= 4 is 23.2 Å². The van der Waals surface area contributed by atoms with E-state index in [-0.39, 0.29) is 18.4 Å². The third-order valence-electron chi connectivity index (χ3n) is 3.82. The number of nitrogens with one attached hydrogen (secondary N) is 3. The van der Waals surface area contributed by atoms with Crippen LogP contribution < -0.4 is 20.7 Å². The molecule has 2 rings (SSSR count). The van der Waals surface area contributed by atoms with E-state index in [2.05, 4.69) is 22.5 Å². The maximum Gasteiger partial charge on any atom is 0.251 e. The lowest BCUT2D eigenvalue weighted by molar-refractivity contribution is -0.114. The summed E-state index contributed by atoms with van der Waals surface area (Å²) in [6, 6.07) is 14.1. The molecule has 2 amide bonds. The molecule has 154 valence electrons. The molecule has 7 heteroatoms. The smallest absolute Gasteiger partial charge is 0.251 e. The van der Waals surface area contributed by atoms with Crippen LogP contribution in [0.25, 0.3) is 0 Å². The summed E-state index contributed by atoms with van der Waals surface area (Å²) in [6.07, 6.45) is 0. The molecule has 29 heavy (non-hydrogen) atoms. The van der Waals surface area contributed by atoms with Gasteiger partial charge in [0.1, 0.15) is 12.4 Å². The van der Waals surface area contributed by atoms with Crippen LogP contribution in [0.1, 0.15) is 17.3 Å². The van der Waals surface area contributed by atoms with Gasteiger partial charge in [-0.15, -0.1) is 0 Å². The van der Waals surface area contributed by atoms with Crippen molar-refractivity contribution in [3.8, 4) is 5.75 Å². The molecule has 0 radical (unpaired) electrons. The first-order valence-corrected chi connectivity index (χ1v) is 9.26. The number of carbonyl (C=O) groups excluding carboxylic acids is 2. The van der Waals surface area contributed by atoms with Crippen LogP contribution in [0.4, 0.5) is 11.4 Å². The Morgan fingerprint density at radius 3 is 2.28 bits per heavy atom. The second-order valence-corrected chi connectivity index (χ2v) is 6.50. The Bertz CT molecular complexity index is 817. The van der Waals surface area contributed by atoms with E-state index < -0.39 is 0 Å². The van der Waals surface area contributed by atoms with Crippen LogP contribution in [0.2, 0.25) is 0 Å². The fourth-order valence-electron chi connectivity index (χ4n) is 2.34. The van der Waals surface area contributed by atoms with Crippen molar-refractivity contribution in [1.82, 2.24) is 5.32 Å². The quantitative estimate of drug-likeness (QED) is 0.401. The van der Waals surface area contributed by atoms with E-state index in [0.717, 1.165) is 17.0 Å². The molecule has 7 nitrogen and oxygen atoms in total. The van der Waals surface area contributed by atoms with Gasteiger partial charge in [0.2, 0.25) is 5.91 Å². The van der Waals surface area contributed by atoms with Crippen LogP contribution in [0.5, 0.6) is 5.75 Å². The van der Waals surface area contributed by atoms with E-state index in [9.17, 15) is 9.59 Å². The number of hydrogen-bond donors (Lipinski definition) is 3. The summed E-state index contributed by atoms with van der Waals surface area (Å²) in [5, 5.41) is 8.58. The fourth-order valence-corrected chi connectivity index (χ4v) is 2.34. The number of rotatable bonds is 11. The number of anilines is 2. The second-order valence-electron chi connectivity index (χ2n) is 6.50. The molecule has 0 heterocycles. The standard InChI is InChI=1S/C22H27N3O4/c1-16(2)15-29-20-10-8-18(9-11-20)24-14-21(26)25-19-6-4-17(5-7-19)22(27)23-12-13-28-3/h4-11,24H,1,12-15H2,2-3H3,(H,23,27)(H,25,26). The number of amides is 2. The lowest BCUT2D eigenvalue weighted by atomic mass is 10.2. The zero-order valence-corrected chi connectivity index (χ0v) is 16.8. The van der Waals surface area contributed by atoms with Crippen molar-refractivity contribution in [3.63, 3.8) is 0 Å². The van der Waals surface area contributed by atoms with Gasteiger partial charge in [0.15, 0.2) is 0 Å². The average molecular weight is 397 g/mol. The summed E-state index contributed by atoms with van der Waals surface area (Å²) in [4.78, 5) is 24.1. The molecule has 2 aromatic rings. The molecule has 0 fully saturated rings. The molecule has 0 bridgehead atoms. The number of methoxy groups -OCH3 is 1. The van der Waals surface area contributed by atoms with Crippen LogP contribution >= 0.6 is 0 Å². The van der Waals surface area contributed by atoms with Gasteiger partial charge in [-0.05, 0) is 61.0 Å². The second kappa shape index (κ2) is 11.5. The van der Waals surface area contributed by atoms with Crippen molar-refractivity contribution in [2.24, 2.45) is 0 Å². The van der Waals surface area contributed by atoms with Crippen LogP contribution in [-0.2, 0) is 9.53 Å². The third-order valence-corrected chi connectivity index (χ3v) is 3.82. The summed E-state index contributed by atoms with van der Waals surface area (Å²) < 4.78 is 10.4. The molecule has 0 aliphatic carbocycles. The van der Waals surface area contributed by atoms with Gasteiger partial charge in [0, 0.05) is 30.6 Å². The Morgan fingerprint density at radius 1 is 1.00 bits per heavy atom. The van der Waals surface area contributed by atoms with Crippen molar-refractivity contribution in [2.75, 3.05) is 44.0 Å². The third kappa shape index (κ3) is 8.06. The van der Waals surface area contributed by atoms with E-state index in [1.807, 2.05) is 31.2 Å². The summed E-state index contributed by atoms with van der Waals surface area (Å²) in [6.45, 7) is 7.19. The predicted octanol–water partition coefficient (Wildman–Crippen LogP) is 3.07. The van der Waals surface area contributed by atoms with Gasteiger partial charge in [0.25, 0.3) is 5.91 Å². The molecule has 0 aliphatic rings. The van der Waals surface area contributed by atoms with Gasteiger partial charge in [-0.1, -0.05) is 6.58 Å². The molecule has 0 saturated heterocycles. The SMILES string of the molecule is C=C(C)COc1ccc(NCC(=O)Nc2ccc(C(=O)NCCOC)cc2)cc1. The largest absolute Gasteiger partial charge is 0.489 e. The van der Waals surface area contributed by atoms with Crippen LogP contribution in [0.15, 0.2) is 60.7 Å². The highest BCUT2D eigenvalue weighted by atomic mass is 16.5. The van der Waals surface area contributed by atoms with Crippen molar-refractivity contribution in [3.05, 3.63) is 66.2 Å². The van der Waals surface area contributed by atoms with Crippen molar-refractivity contribution in [2.45, 2.75) is 6.92 Å². The highest BCUT2D eigenvalue weighted by molar-refractivity contribution is 5.96. The first-order valence-electron chi connectivity index (χ1n) is 9.26. The van der Waals surface area contributed by atoms with Gasteiger partial charge in [-0.3, -0.25) is 9.59 Å². The van der Waals surface area contributed by atoms with E-state index in [0.29, 0.717) is 31.0 Å². The van der Waals surface area contributed by atoms with Gasteiger partial charge in [-0.25, -0.2) is 0 Å². The Balaban J connectivity index is 1.77. The predicted molar refractivity (Wildman–Crippen MR) is 115 cm³/mol. The summed E-state index contributed by atoms with van der Waals surface area (Å²) in [5.41, 5.74) is 2.90. The summed E-state index contributed by atoms with van der Waals surface area (Å²) >= 11 is 0. The van der Waals surface area contributed by atoms with Gasteiger partial charge in [0.05, 0.1) is 13.2 Å². The van der Waals surface area contributed by atoms with E-state index in [1.54, 1.807) is 31.4 Å². The van der Waals surface area contributed by atoms with Crippen LogP contribution in [0.3, 0.4) is 0 Å². The number of ether oxygens (including phenoxy) is 2. The Labute approximate surface area is 171 Å². The van der Waals surface area contributed by atoms with Gasteiger partial charge >= 0.3 is 0 Å². The maximum atomic E-state index is 12.1.